The number of esters is 1. The molecule has 0 aromatic heterocycles. The summed E-state index contributed by atoms with van der Waals surface area (Å²) in [7, 11) is 0. The van der Waals surface area contributed by atoms with Gasteiger partial charge < -0.3 is 14.2 Å². The second kappa shape index (κ2) is 9.83. The van der Waals surface area contributed by atoms with Crippen LogP contribution in [0.5, 0.6) is 11.5 Å². The smallest absolute Gasteiger partial charge is 0.344 e. The molecule has 126 valence electrons. The number of hydrazone groups is 1. The maximum Gasteiger partial charge on any atom is 0.344 e. The highest BCUT2D eigenvalue weighted by atomic mass is 79.9. The fourth-order valence-corrected chi connectivity index (χ4v) is 1.99. The van der Waals surface area contributed by atoms with E-state index in [1.54, 1.807) is 19.1 Å². The molecule has 0 radical (unpaired) electrons. The van der Waals surface area contributed by atoms with E-state index in [1.165, 1.54) is 13.1 Å². The molecule has 0 heterocycles. The van der Waals surface area contributed by atoms with Crippen LogP contribution in [0.15, 0.2) is 21.7 Å². The third-order valence-electron chi connectivity index (χ3n) is 2.44. The second-order valence-electron chi connectivity index (χ2n) is 4.27. The lowest BCUT2D eigenvalue weighted by Crippen LogP contribution is -2.15. The molecule has 0 aliphatic rings. The Morgan fingerprint density at radius 2 is 1.91 bits per heavy atom. The third kappa shape index (κ3) is 6.68. The first kappa shape index (κ1) is 19.0. The maximum atomic E-state index is 11.4. The van der Waals surface area contributed by atoms with Crippen LogP contribution in [0.25, 0.3) is 0 Å². The summed E-state index contributed by atoms with van der Waals surface area (Å²) in [5.74, 6) is 0.145. The topological polar surface area (TPSA) is 86.2 Å². The molecule has 23 heavy (non-hydrogen) atoms. The van der Waals surface area contributed by atoms with Gasteiger partial charge in [-0.1, -0.05) is 0 Å². The van der Waals surface area contributed by atoms with Crippen molar-refractivity contribution in [2.75, 3.05) is 19.8 Å². The normalized spacial score (nSPS) is 10.4. The van der Waals surface area contributed by atoms with Gasteiger partial charge in [0.1, 0.15) is 0 Å². The van der Waals surface area contributed by atoms with Crippen molar-refractivity contribution >= 4 is 34.0 Å². The number of amides is 1. The molecule has 1 rings (SSSR count). The molecule has 0 saturated carbocycles. The van der Waals surface area contributed by atoms with Crippen LogP contribution in [0.3, 0.4) is 0 Å². The first-order valence-corrected chi connectivity index (χ1v) is 7.81. The second-order valence-corrected chi connectivity index (χ2v) is 5.13. The standard InChI is InChI=1S/C15H19BrN2O5/c1-4-21-13-6-11(8-17-18-10(3)19)12(16)7-14(13)23-9-15(20)22-5-2/h6-8H,4-5,9H2,1-3H3,(H,18,19)/b17-8+. The zero-order chi connectivity index (χ0) is 17.2. The third-order valence-corrected chi connectivity index (χ3v) is 3.13. The minimum absolute atomic E-state index is 0.209. The van der Waals surface area contributed by atoms with E-state index in [-0.39, 0.29) is 12.5 Å². The Kier molecular flexibility index (Phi) is 8.10. The Hall–Kier alpha value is -2.09. The molecule has 0 aliphatic carbocycles. The van der Waals surface area contributed by atoms with Crippen molar-refractivity contribution in [2.45, 2.75) is 20.8 Å². The van der Waals surface area contributed by atoms with E-state index in [4.69, 9.17) is 14.2 Å². The SMILES string of the molecule is CCOC(=O)COc1cc(Br)c(/C=N/NC(C)=O)cc1OCC. The fraction of sp³-hybridized carbons (Fsp3) is 0.400. The lowest BCUT2D eigenvalue weighted by molar-refractivity contribution is -0.145. The molecule has 0 bridgehead atoms. The monoisotopic (exact) mass is 386 g/mol. The summed E-state index contributed by atoms with van der Waals surface area (Å²) >= 11 is 3.38. The summed E-state index contributed by atoms with van der Waals surface area (Å²) < 4.78 is 16.4. The van der Waals surface area contributed by atoms with Gasteiger partial charge in [-0.25, -0.2) is 10.2 Å². The van der Waals surface area contributed by atoms with Gasteiger partial charge in [-0.05, 0) is 41.9 Å². The summed E-state index contributed by atoms with van der Waals surface area (Å²) in [6.45, 7) is 5.44. The molecule has 7 nitrogen and oxygen atoms in total. The van der Waals surface area contributed by atoms with E-state index in [0.29, 0.717) is 34.7 Å². The summed E-state index contributed by atoms with van der Waals surface area (Å²) in [5, 5.41) is 3.81. The van der Waals surface area contributed by atoms with Crippen LogP contribution in [0.2, 0.25) is 0 Å². The number of rotatable bonds is 8. The molecular formula is C15H19BrN2O5. The van der Waals surface area contributed by atoms with Crippen molar-refractivity contribution in [3.8, 4) is 11.5 Å². The number of hydrogen-bond acceptors (Lipinski definition) is 6. The van der Waals surface area contributed by atoms with Crippen LogP contribution in [0, 0.1) is 0 Å². The summed E-state index contributed by atoms with van der Waals surface area (Å²) in [6.07, 6.45) is 1.48. The molecule has 1 N–H and O–H groups in total. The van der Waals surface area contributed by atoms with Gasteiger partial charge in [0.05, 0.1) is 19.4 Å². The van der Waals surface area contributed by atoms with E-state index in [1.807, 2.05) is 6.92 Å². The molecule has 0 fully saturated rings. The Bertz CT molecular complexity index is 589. The number of carbonyl (C=O) groups is 2. The predicted molar refractivity (Wildman–Crippen MR) is 88.8 cm³/mol. The van der Waals surface area contributed by atoms with Gasteiger partial charge in [-0.3, -0.25) is 4.79 Å². The Morgan fingerprint density at radius 1 is 1.22 bits per heavy atom. The van der Waals surface area contributed by atoms with E-state index in [0.717, 1.165) is 0 Å². The van der Waals surface area contributed by atoms with Crippen molar-refractivity contribution < 1.29 is 23.8 Å². The van der Waals surface area contributed by atoms with Crippen molar-refractivity contribution in [2.24, 2.45) is 5.10 Å². The average Bonchev–Trinajstić information content (AvgIpc) is 2.48. The first-order valence-electron chi connectivity index (χ1n) is 7.02. The minimum Gasteiger partial charge on any atom is -0.490 e. The molecule has 0 aliphatic heterocycles. The van der Waals surface area contributed by atoms with Crippen molar-refractivity contribution in [1.29, 1.82) is 0 Å². The Labute approximate surface area is 143 Å². The largest absolute Gasteiger partial charge is 0.490 e. The summed E-state index contributed by atoms with van der Waals surface area (Å²) in [5.41, 5.74) is 3.00. The lowest BCUT2D eigenvalue weighted by Gasteiger charge is -2.13. The minimum atomic E-state index is -0.456. The molecule has 0 saturated heterocycles. The molecule has 1 aromatic carbocycles. The fourth-order valence-electron chi connectivity index (χ4n) is 1.56. The highest BCUT2D eigenvalue weighted by molar-refractivity contribution is 9.10. The zero-order valence-electron chi connectivity index (χ0n) is 13.2. The molecule has 1 amide bonds. The van der Waals surface area contributed by atoms with Gasteiger partial charge in [0.15, 0.2) is 18.1 Å². The van der Waals surface area contributed by atoms with E-state index >= 15 is 0 Å². The molecule has 0 spiro atoms. The van der Waals surface area contributed by atoms with Gasteiger partial charge in [-0.15, -0.1) is 0 Å². The summed E-state index contributed by atoms with van der Waals surface area (Å²) in [4.78, 5) is 22.2. The van der Waals surface area contributed by atoms with Crippen LogP contribution in [0.4, 0.5) is 0 Å². The predicted octanol–water partition coefficient (Wildman–Crippen LogP) is 2.26. The zero-order valence-corrected chi connectivity index (χ0v) is 14.8. The molecule has 1 aromatic rings. The van der Waals surface area contributed by atoms with Gasteiger partial charge in [-0.2, -0.15) is 5.10 Å². The van der Waals surface area contributed by atoms with Crippen molar-refractivity contribution in [1.82, 2.24) is 5.43 Å². The van der Waals surface area contributed by atoms with Crippen LogP contribution in [-0.2, 0) is 14.3 Å². The molecular weight excluding hydrogens is 368 g/mol. The molecule has 8 heteroatoms. The Morgan fingerprint density at radius 3 is 2.52 bits per heavy atom. The number of nitrogens with zero attached hydrogens (tertiary/aromatic N) is 1. The molecule has 0 unspecified atom stereocenters. The van der Waals surface area contributed by atoms with Crippen molar-refractivity contribution in [3.63, 3.8) is 0 Å². The van der Waals surface area contributed by atoms with Gasteiger partial charge in [0.2, 0.25) is 5.91 Å². The number of benzene rings is 1. The lowest BCUT2D eigenvalue weighted by atomic mass is 10.2. The summed E-state index contributed by atoms with van der Waals surface area (Å²) in [6, 6.07) is 3.36. The number of halogens is 1. The Balaban J connectivity index is 2.93. The van der Waals surface area contributed by atoms with Crippen LogP contribution < -0.4 is 14.9 Å². The highest BCUT2D eigenvalue weighted by Crippen LogP contribution is 2.33. The number of ether oxygens (including phenoxy) is 3. The van der Waals surface area contributed by atoms with E-state index in [9.17, 15) is 9.59 Å². The van der Waals surface area contributed by atoms with E-state index < -0.39 is 5.97 Å². The van der Waals surface area contributed by atoms with Crippen LogP contribution in [-0.4, -0.2) is 37.9 Å². The maximum absolute atomic E-state index is 11.4. The first-order chi connectivity index (χ1) is 11.0. The van der Waals surface area contributed by atoms with E-state index in [2.05, 4.69) is 26.5 Å². The van der Waals surface area contributed by atoms with Gasteiger partial charge in [0, 0.05) is 17.0 Å². The number of nitrogens with one attached hydrogen (secondary N) is 1. The number of hydrogen-bond donors (Lipinski definition) is 1. The highest BCUT2D eigenvalue weighted by Gasteiger charge is 2.12. The van der Waals surface area contributed by atoms with Gasteiger partial charge >= 0.3 is 5.97 Å². The van der Waals surface area contributed by atoms with Crippen LogP contribution in [0.1, 0.15) is 26.3 Å². The quantitative estimate of drug-likeness (QED) is 0.420. The average molecular weight is 387 g/mol. The van der Waals surface area contributed by atoms with Crippen molar-refractivity contribution in [3.05, 3.63) is 22.2 Å². The van der Waals surface area contributed by atoms with Gasteiger partial charge in [0.25, 0.3) is 0 Å². The number of carbonyl (C=O) groups excluding carboxylic acids is 2. The van der Waals surface area contributed by atoms with Crippen LogP contribution >= 0.6 is 15.9 Å². The molecule has 0 atom stereocenters.